The van der Waals surface area contributed by atoms with E-state index in [4.69, 9.17) is 4.74 Å². The zero-order valence-corrected chi connectivity index (χ0v) is 51.1. The zero-order chi connectivity index (χ0) is 54.3. The van der Waals surface area contributed by atoms with E-state index in [2.05, 4.69) is 31.3 Å². The minimum atomic E-state index is -0.664. The Hall–Kier alpha value is -1.40. The number of unbranched alkanes of at least 4 members (excludes halogenated alkanes) is 52. The second-order valence-corrected chi connectivity index (χ2v) is 23.9. The van der Waals surface area contributed by atoms with Gasteiger partial charge in [-0.2, -0.15) is 0 Å². The average molecular weight is 1060 g/mol. The number of rotatable bonds is 65. The molecule has 6 nitrogen and oxygen atoms in total. The summed E-state index contributed by atoms with van der Waals surface area (Å²) in [6.45, 7) is 4.99. The molecule has 0 saturated heterocycles. The van der Waals surface area contributed by atoms with Crippen LogP contribution in [-0.4, -0.2) is 47.4 Å². The van der Waals surface area contributed by atoms with E-state index in [0.717, 1.165) is 38.5 Å². The third-order valence-corrected chi connectivity index (χ3v) is 16.3. The molecule has 0 fully saturated rings. The average Bonchev–Trinajstić information content (AvgIpc) is 3.41. The van der Waals surface area contributed by atoms with Crippen molar-refractivity contribution in [3.63, 3.8) is 0 Å². The van der Waals surface area contributed by atoms with Crippen LogP contribution < -0.4 is 5.32 Å². The van der Waals surface area contributed by atoms with Crippen LogP contribution in [0.15, 0.2) is 12.2 Å². The summed E-state index contributed by atoms with van der Waals surface area (Å²) >= 11 is 0. The smallest absolute Gasteiger partial charge is 0.305 e. The van der Waals surface area contributed by atoms with Crippen molar-refractivity contribution in [3.8, 4) is 0 Å². The Balaban J connectivity index is 3.35. The van der Waals surface area contributed by atoms with E-state index in [1.807, 2.05) is 0 Å². The molecule has 1 amide bonds. The molecule has 0 spiro atoms. The van der Waals surface area contributed by atoms with Crippen LogP contribution in [0.25, 0.3) is 0 Å². The molecule has 0 saturated carbocycles. The summed E-state index contributed by atoms with van der Waals surface area (Å²) in [5, 5.41) is 23.3. The van der Waals surface area contributed by atoms with Gasteiger partial charge in [-0.25, -0.2) is 0 Å². The monoisotopic (exact) mass is 1060 g/mol. The minimum absolute atomic E-state index is 0.0200. The lowest BCUT2D eigenvalue weighted by atomic mass is 10.0. The van der Waals surface area contributed by atoms with Crippen LogP contribution >= 0.6 is 0 Å². The van der Waals surface area contributed by atoms with Crippen molar-refractivity contribution in [1.82, 2.24) is 5.32 Å². The topological polar surface area (TPSA) is 95.9 Å². The van der Waals surface area contributed by atoms with E-state index in [-0.39, 0.29) is 18.5 Å². The number of esters is 1. The second kappa shape index (κ2) is 65.1. The van der Waals surface area contributed by atoms with Gasteiger partial charge in [0.25, 0.3) is 0 Å². The predicted octanol–water partition coefficient (Wildman–Crippen LogP) is 22.0. The van der Waals surface area contributed by atoms with Gasteiger partial charge in [-0.3, -0.25) is 9.59 Å². The fourth-order valence-electron chi connectivity index (χ4n) is 11.1. The summed E-state index contributed by atoms with van der Waals surface area (Å²) in [5.74, 6) is -0.0146. The first-order chi connectivity index (χ1) is 37.0. The highest BCUT2D eigenvalue weighted by Crippen LogP contribution is 2.19. The van der Waals surface area contributed by atoms with Crippen molar-refractivity contribution in [2.45, 2.75) is 405 Å². The molecule has 3 N–H and O–H groups in total. The molecule has 75 heavy (non-hydrogen) atoms. The van der Waals surface area contributed by atoms with E-state index in [1.165, 1.54) is 321 Å². The van der Waals surface area contributed by atoms with Gasteiger partial charge in [0.15, 0.2) is 0 Å². The lowest BCUT2D eigenvalue weighted by Gasteiger charge is -2.22. The first-order valence-electron chi connectivity index (χ1n) is 34.4. The largest absolute Gasteiger partial charge is 0.466 e. The number of carbonyl (C=O) groups is 2. The molecule has 0 heterocycles. The Morgan fingerprint density at radius 1 is 0.360 bits per heavy atom. The Morgan fingerprint density at radius 2 is 0.627 bits per heavy atom. The molecule has 0 radical (unpaired) electrons. The molecular formula is C69H135NO5. The van der Waals surface area contributed by atoms with Crippen molar-refractivity contribution < 1.29 is 24.5 Å². The molecule has 0 rings (SSSR count). The van der Waals surface area contributed by atoms with E-state index < -0.39 is 12.1 Å². The molecule has 446 valence electrons. The first kappa shape index (κ1) is 73.6. The van der Waals surface area contributed by atoms with E-state index in [0.29, 0.717) is 25.9 Å². The highest BCUT2D eigenvalue weighted by atomic mass is 16.5. The number of hydrogen-bond acceptors (Lipinski definition) is 5. The molecule has 2 atom stereocenters. The van der Waals surface area contributed by atoms with Crippen molar-refractivity contribution in [2.75, 3.05) is 13.2 Å². The highest BCUT2D eigenvalue weighted by Gasteiger charge is 2.20. The number of allylic oxidation sites excluding steroid dienone is 2. The maximum atomic E-state index is 12.5. The Morgan fingerprint density at radius 3 is 0.947 bits per heavy atom. The minimum Gasteiger partial charge on any atom is -0.466 e. The van der Waals surface area contributed by atoms with Crippen LogP contribution in [0, 0.1) is 0 Å². The zero-order valence-electron chi connectivity index (χ0n) is 51.1. The van der Waals surface area contributed by atoms with Gasteiger partial charge >= 0.3 is 5.97 Å². The van der Waals surface area contributed by atoms with Crippen molar-refractivity contribution >= 4 is 11.9 Å². The number of nitrogens with one attached hydrogen (secondary N) is 1. The summed E-state index contributed by atoms with van der Waals surface area (Å²) in [4.78, 5) is 24.6. The summed E-state index contributed by atoms with van der Waals surface area (Å²) < 4.78 is 5.51. The third kappa shape index (κ3) is 61.7. The standard InChI is InChI=1S/C69H135NO5/c1-3-5-7-9-11-13-15-17-18-19-28-32-35-39-43-47-51-55-59-63-69(74)75-64-60-56-52-48-44-40-36-33-30-27-25-23-21-20-22-24-26-29-31-34-38-42-46-50-54-58-62-68(73)70-66(65-71)67(72)61-57-53-49-45-41-37-16-14-12-10-8-6-4-2/h20,22,66-67,71-72H,3-19,21,23-65H2,1-2H3,(H,70,73)/b22-20-. The van der Waals surface area contributed by atoms with Gasteiger partial charge in [-0.15, -0.1) is 0 Å². The molecule has 0 aromatic heterocycles. The maximum Gasteiger partial charge on any atom is 0.305 e. The number of hydrogen-bond donors (Lipinski definition) is 3. The summed E-state index contributed by atoms with van der Waals surface area (Å²) in [6, 6.07) is -0.541. The molecule has 0 bridgehead atoms. The van der Waals surface area contributed by atoms with Gasteiger partial charge < -0.3 is 20.3 Å². The second-order valence-electron chi connectivity index (χ2n) is 23.9. The van der Waals surface area contributed by atoms with Crippen LogP contribution in [0.3, 0.4) is 0 Å². The third-order valence-electron chi connectivity index (χ3n) is 16.3. The lowest BCUT2D eigenvalue weighted by molar-refractivity contribution is -0.143. The Bertz CT molecular complexity index is 1130. The summed E-state index contributed by atoms with van der Waals surface area (Å²) in [6.07, 6.45) is 79.7. The van der Waals surface area contributed by atoms with Gasteiger partial charge in [-0.1, -0.05) is 341 Å². The van der Waals surface area contributed by atoms with Gasteiger partial charge in [0, 0.05) is 12.8 Å². The number of ether oxygens (including phenoxy) is 1. The summed E-state index contributed by atoms with van der Waals surface area (Å²) in [5.41, 5.74) is 0. The van der Waals surface area contributed by atoms with Crippen molar-refractivity contribution in [1.29, 1.82) is 0 Å². The Kier molecular flexibility index (Phi) is 63.9. The van der Waals surface area contributed by atoms with Gasteiger partial charge in [0.05, 0.1) is 25.4 Å². The van der Waals surface area contributed by atoms with Crippen LogP contribution in [0.5, 0.6) is 0 Å². The molecule has 2 unspecified atom stereocenters. The number of amides is 1. The fourth-order valence-corrected chi connectivity index (χ4v) is 11.1. The number of aliphatic hydroxyl groups excluding tert-OH is 2. The molecule has 0 aromatic rings. The van der Waals surface area contributed by atoms with Gasteiger partial charge in [-0.05, 0) is 51.4 Å². The highest BCUT2D eigenvalue weighted by molar-refractivity contribution is 5.76. The molecular weight excluding hydrogens is 923 g/mol. The summed E-state index contributed by atoms with van der Waals surface area (Å²) in [7, 11) is 0. The van der Waals surface area contributed by atoms with Crippen molar-refractivity contribution in [2.24, 2.45) is 0 Å². The predicted molar refractivity (Wildman–Crippen MR) is 329 cm³/mol. The molecule has 0 aliphatic heterocycles. The van der Waals surface area contributed by atoms with E-state index in [9.17, 15) is 19.8 Å². The normalized spacial score (nSPS) is 12.5. The van der Waals surface area contributed by atoms with Crippen LogP contribution in [-0.2, 0) is 14.3 Å². The van der Waals surface area contributed by atoms with Gasteiger partial charge in [0.1, 0.15) is 0 Å². The molecule has 0 aliphatic rings. The van der Waals surface area contributed by atoms with Gasteiger partial charge in [0.2, 0.25) is 5.91 Å². The molecule has 0 aliphatic carbocycles. The van der Waals surface area contributed by atoms with E-state index in [1.54, 1.807) is 0 Å². The number of carbonyl (C=O) groups excluding carboxylic acids is 2. The molecule has 6 heteroatoms. The van der Waals surface area contributed by atoms with Crippen LogP contribution in [0.4, 0.5) is 0 Å². The Labute approximate surface area is 469 Å². The number of aliphatic hydroxyl groups is 2. The fraction of sp³-hybridized carbons (Fsp3) is 0.942. The van der Waals surface area contributed by atoms with Crippen LogP contribution in [0.2, 0.25) is 0 Å². The van der Waals surface area contributed by atoms with Crippen molar-refractivity contribution in [3.05, 3.63) is 12.2 Å². The SMILES string of the molecule is CCCCCCCCCCCCCCCCCCCCCC(=O)OCCCCCCCCCCCCCC/C=C\CCCCCCCCCCCCC(=O)NC(CO)C(O)CCCCCCCCCCCCCCC. The van der Waals surface area contributed by atoms with Crippen LogP contribution in [0.1, 0.15) is 393 Å². The molecule has 0 aromatic carbocycles. The van der Waals surface area contributed by atoms with E-state index >= 15 is 0 Å². The maximum absolute atomic E-state index is 12.5. The quantitative estimate of drug-likeness (QED) is 0.0320. The lowest BCUT2D eigenvalue weighted by Crippen LogP contribution is -2.45. The first-order valence-corrected chi connectivity index (χ1v) is 34.4.